The van der Waals surface area contributed by atoms with Crippen LogP contribution < -0.4 is 11.1 Å². The van der Waals surface area contributed by atoms with E-state index in [-0.39, 0.29) is 11.9 Å². The number of primary amides is 1. The normalized spacial score (nSPS) is 25.2. The molecule has 0 radical (unpaired) electrons. The van der Waals surface area contributed by atoms with Gasteiger partial charge in [0.05, 0.1) is 6.04 Å². The molecule has 1 amide bonds. The van der Waals surface area contributed by atoms with E-state index in [2.05, 4.69) is 17.5 Å². The summed E-state index contributed by atoms with van der Waals surface area (Å²) in [6, 6.07) is 0.110. The van der Waals surface area contributed by atoms with Gasteiger partial charge in [0.2, 0.25) is 5.91 Å². The van der Waals surface area contributed by atoms with Gasteiger partial charge in [-0.25, -0.2) is 0 Å². The maximum atomic E-state index is 10.7. The van der Waals surface area contributed by atoms with Gasteiger partial charge in [0.1, 0.15) is 0 Å². The summed E-state index contributed by atoms with van der Waals surface area (Å²) in [4.78, 5) is 10.7. The molecule has 0 fully saturated rings. The SMILES string of the molecule is CC(NC1C=CCCC1)C(N)=O. The molecule has 2 atom stereocenters. The van der Waals surface area contributed by atoms with Crippen molar-refractivity contribution >= 4 is 5.91 Å². The van der Waals surface area contributed by atoms with Crippen LogP contribution in [0.15, 0.2) is 12.2 Å². The second-order valence-corrected chi connectivity index (χ2v) is 3.26. The Kier molecular flexibility index (Phi) is 3.29. The standard InChI is InChI=1S/C9H16N2O/c1-7(9(10)12)11-8-5-3-2-4-6-8/h3,5,7-8,11H,2,4,6H2,1H3,(H2,10,12). The number of hydrogen-bond acceptors (Lipinski definition) is 2. The van der Waals surface area contributed by atoms with Crippen LogP contribution >= 0.6 is 0 Å². The van der Waals surface area contributed by atoms with E-state index in [1.165, 1.54) is 6.42 Å². The van der Waals surface area contributed by atoms with E-state index in [1.54, 1.807) is 6.92 Å². The number of allylic oxidation sites excluding steroid dienone is 1. The van der Waals surface area contributed by atoms with Gasteiger partial charge in [-0.3, -0.25) is 10.1 Å². The molecule has 12 heavy (non-hydrogen) atoms. The monoisotopic (exact) mass is 168 g/mol. The highest BCUT2D eigenvalue weighted by molar-refractivity contribution is 5.79. The Labute approximate surface area is 73.0 Å². The zero-order valence-electron chi connectivity index (χ0n) is 7.42. The Bertz CT molecular complexity index is 189. The van der Waals surface area contributed by atoms with Crippen LogP contribution in [0.1, 0.15) is 26.2 Å². The molecule has 1 rings (SSSR count). The third kappa shape index (κ3) is 2.66. The second kappa shape index (κ2) is 4.26. The summed E-state index contributed by atoms with van der Waals surface area (Å²) in [5.74, 6) is -0.283. The number of hydrogen-bond donors (Lipinski definition) is 2. The lowest BCUT2D eigenvalue weighted by molar-refractivity contribution is -0.119. The van der Waals surface area contributed by atoms with E-state index >= 15 is 0 Å². The van der Waals surface area contributed by atoms with E-state index in [9.17, 15) is 4.79 Å². The predicted octanol–water partition coefficient (Wildman–Crippen LogP) is 0.558. The van der Waals surface area contributed by atoms with Gasteiger partial charge in [-0.2, -0.15) is 0 Å². The van der Waals surface area contributed by atoms with Gasteiger partial charge in [0, 0.05) is 6.04 Å². The summed E-state index contributed by atoms with van der Waals surface area (Å²) in [5.41, 5.74) is 5.13. The zero-order chi connectivity index (χ0) is 8.97. The summed E-state index contributed by atoms with van der Waals surface area (Å²) in [6.45, 7) is 1.80. The summed E-state index contributed by atoms with van der Waals surface area (Å²) >= 11 is 0. The molecule has 0 saturated heterocycles. The van der Waals surface area contributed by atoms with Crippen LogP contribution in [0, 0.1) is 0 Å². The number of rotatable bonds is 3. The Hall–Kier alpha value is -0.830. The van der Waals surface area contributed by atoms with Gasteiger partial charge < -0.3 is 5.73 Å². The molecule has 1 aliphatic carbocycles. The molecule has 0 saturated carbocycles. The molecule has 3 heteroatoms. The summed E-state index contributed by atoms with van der Waals surface area (Å²) < 4.78 is 0. The molecular formula is C9H16N2O. The van der Waals surface area contributed by atoms with Gasteiger partial charge in [-0.15, -0.1) is 0 Å². The lowest BCUT2D eigenvalue weighted by Gasteiger charge is -2.20. The van der Waals surface area contributed by atoms with Crippen LogP contribution in [0.3, 0.4) is 0 Å². The van der Waals surface area contributed by atoms with Crippen LogP contribution in [-0.4, -0.2) is 18.0 Å². The molecule has 0 heterocycles. The van der Waals surface area contributed by atoms with Crippen LogP contribution in [0.4, 0.5) is 0 Å². The van der Waals surface area contributed by atoms with Crippen molar-refractivity contribution in [1.82, 2.24) is 5.32 Å². The van der Waals surface area contributed by atoms with Crippen molar-refractivity contribution in [2.75, 3.05) is 0 Å². The second-order valence-electron chi connectivity index (χ2n) is 3.26. The van der Waals surface area contributed by atoms with Gasteiger partial charge in [-0.05, 0) is 26.2 Å². The predicted molar refractivity (Wildman–Crippen MR) is 48.6 cm³/mol. The third-order valence-electron chi connectivity index (χ3n) is 2.15. The Balaban J connectivity index is 2.34. The molecule has 0 aromatic heterocycles. The molecule has 0 aromatic carbocycles. The number of nitrogens with one attached hydrogen (secondary N) is 1. The first-order valence-corrected chi connectivity index (χ1v) is 4.42. The van der Waals surface area contributed by atoms with E-state index in [0.717, 1.165) is 12.8 Å². The molecule has 68 valence electrons. The van der Waals surface area contributed by atoms with Crippen molar-refractivity contribution in [3.63, 3.8) is 0 Å². The highest BCUT2D eigenvalue weighted by Crippen LogP contribution is 2.10. The van der Waals surface area contributed by atoms with E-state index in [0.29, 0.717) is 6.04 Å². The van der Waals surface area contributed by atoms with Crippen LogP contribution in [0.25, 0.3) is 0 Å². The van der Waals surface area contributed by atoms with Crippen molar-refractivity contribution in [2.24, 2.45) is 5.73 Å². The molecular weight excluding hydrogens is 152 g/mol. The number of nitrogens with two attached hydrogens (primary N) is 1. The van der Waals surface area contributed by atoms with Gasteiger partial charge >= 0.3 is 0 Å². The minimum Gasteiger partial charge on any atom is -0.368 e. The summed E-state index contributed by atoms with van der Waals surface area (Å²) in [7, 11) is 0. The number of carbonyl (C=O) groups excluding carboxylic acids is 1. The molecule has 0 spiro atoms. The summed E-state index contributed by atoms with van der Waals surface area (Å²) in [5, 5.41) is 3.16. The fourth-order valence-corrected chi connectivity index (χ4v) is 1.35. The van der Waals surface area contributed by atoms with E-state index in [4.69, 9.17) is 5.73 Å². The fraction of sp³-hybridized carbons (Fsp3) is 0.667. The Morgan fingerprint density at radius 1 is 1.75 bits per heavy atom. The molecule has 0 bridgehead atoms. The highest BCUT2D eigenvalue weighted by atomic mass is 16.1. The molecule has 1 aliphatic rings. The molecule has 2 unspecified atom stereocenters. The Morgan fingerprint density at radius 2 is 2.50 bits per heavy atom. The highest BCUT2D eigenvalue weighted by Gasteiger charge is 2.14. The smallest absolute Gasteiger partial charge is 0.234 e. The van der Waals surface area contributed by atoms with Gasteiger partial charge in [-0.1, -0.05) is 12.2 Å². The fourth-order valence-electron chi connectivity index (χ4n) is 1.35. The first kappa shape index (κ1) is 9.26. The number of carbonyl (C=O) groups is 1. The van der Waals surface area contributed by atoms with Crippen LogP contribution in [0.5, 0.6) is 0 Å². The first-order chi connectivity index (χ1) is 5.70. The van der Waals surface area contributed by atoms with Crippen LogP contribution in [0.2, 0.25) is 0 Å². The largest absolute Gasteiger partial charge is 0.368 e. The topological polar surface area (TPSA) is 55.1 Å². The lowest BCUT2D eigenvalue weighted by atomic mass is 10.0. The third-order valence-corrected chi connectivity index (χ3v) is 2.15. The maximum Gasteiger partial charge on any atom is 0.234 e. The van der Waals surface area contributed by atoms with Crippen molar-refractivity contribution in [2.45, 2.75) is 38.3 Å². The average Bonchev–Trinajstić information content (AvgIpc) is 2.06. The van der Waals surface area contributed by atoms with E-state index in [1.807, 2.05) is 0 Å². The minimum atomic E-state index is -0.283. The molecule has 0 aliphatic heterocycles. The number of amides is 1. The molecule has 3 nitrogen and oxygen atoms in total. The van der Waals surface area contributed by atoms with Crippen molar-refractivity contribution in [1.29, 1.82) is 0 Å². The average molecular weight is 168 g/mol. The quantitative estimate of drug-likeness (QED) is 0.605. The summed E-state index contributed by atoms with van der Waals surface area (Å²) in [6.07, 6.45) is 7.72. The lowest BCUT2D eigenvalue weighted by Crippen LogP contribution is -2.44. The van der Waals surface area contributed by atoms with Crippen molar-refractivity contribution < 1.29 is 4.79 Å². The maximum absolute atomic E-state index is 10.7. The van der Waals surface area contributed by atoms with Crippen molar-refractivity contribution in [3.05, 3.63) is 12.2 Å². The van der Waals surface area contributed by atoms with Gasteiger partial charge in [0.15, 0.2) is 0 Å². The molecule has 0 aromatic rings. The molecule has 3 N–H and O–H groups in total. The van der Waals surface area contributed by atoms with Gasteiger partial charge in [0.25, 0.3) is 0 Å². The first-order valence-electron chi connectivity index (χ1n) is 4.42. The zero-order valence-corrected chi connectivity index (χ0v) is 7.42. The Morgan fingerprint density at radius 3 is 3.00 bits per heavy atom. The van der Waals surface area contributed by atoms with Crippen molar-refractivity contribution in [3.8, 4) is 0 Å². The minimum absolute atomic E-state index is 0.224. The van der Waals surface area contributed by atoms with E-state index < -0.39 is 0 Å². The van der Waals surface area contributed by atoms with Crippen LogP contribution in [-0.2, 0) is 4.79 Å².